The second-order valence-electron chi connectivity index (χ2n) is 4.18. The molecular weight excluding hydrogens is 290 g/mol. The van der Waals surface area contributed by atoms with Crippen LogP contribution in [0.15, 0.2) is 4.99 Å². The zero-order valence-corrected chi connectivity index (χ0v) is 12.9. The van der Waals surface area contributed by atoms with Gasteiger partial charge < -0.3 is 5.32 Å². The number of halogens is 4. The fraction of sp³-hybridized carbons (Fsp3) is 0.900. The minimum Gasteiger partial charge on any atom is -0.306 e. The van der Waals surface area contributed by atoms with Crippen molar-refractivity contribution < 1.29 is 0 Å². The maximum absolute atomic E-state index is 6.17. The first-order valence-corrected chi connectivity index (χ1v) is 6.76. The van der Waals surface area contributed by atoms with Crippen LogP contribution in [0.2, 0.25) is 0 Å². The number of hydrogen-bond donors (Lipinski definition) is 1. The van der Waals surface area contributed by atoms with Gasteiger partial charge >= 0.3 is 0 Å². The Hall–Kier alpha value is 0.790. The van der Waals surface area contributed by atoms with Gasteiger partial charge in [-0.2, -0.15) is 0 Å². The van der Waals surface area contributed by atoms with Crippen LogP contribution in [0.25, 0.3) is 0 Å². The van der Waals surface area contributed by atoms with Gasteiger partial charge in [0, 0.05) is 18.3 Å². The molecule has 0 saturated carbocycles. The van der Waals surface area contributed by atoms with E-state index >= 15 is 0 Å². The van der Waals surface area contributed by atoms with Crippen molar-refractivity contribution in [2.45, 2.75) is 55.0 Å². The lowest BCUT2D eigenvalue weighted by molar-refractivity contribution is 0.480. The SMILES string of the molecule is CC(C)N=CC(Cl)(Cl)C(NC(C)C)C(Cl)Cl. The van der Waals surface area contributed by atoms with Gasteiger partial charge in [0.15, 0.2) is 4.33 Å². The number of aliphatic imine (C=N–C) groups is 1. The molecule has 1 N–H and O–H groups in total. The van der Waals surface area contributed by atoms with Gasteiger partial charge in [-0.3, -0.25) is 4.99 Å². The summed E-state index contributed by atoms with van der Waals surface area (Å²) in [5.74, 6) is 0. The number of rotatable bonds is 6. The molecule has 2 nitrogen and oxygen atoms in total. The Labute approximate surface area is 118 Å². The van der Waals surface area contributed by atoms with Gasteiger partial charge in [-0.05, 0) is 13.8 Å². The molecule has 0 spiro atoms. The first-order chi connectivity index (χ1) is 7.16. The lowest BCUT2D eigenvalue weighted by Gasteiger charge is -2.30. The van der Waals surface area contributed by atoms with Gasteiger partial charge in [-0.25, -0.2) is 0 Å². The third-order valence-electron chi connectivity index (χ3n) is 1.72. The van der Waals surface area contributed by atoms with E-state index < -0.39 is 15.2 Å². The smallest absolute Gasteiger partial charge is 0.170 e. The largest absolute Gasteiger partial charge is 0.306 e. The Balaban J connectivity index is 4.74. The number of nitrogens with one attached hydrogen (secondary N) is 1. The average molecular weight is 308 g/mol. The molecule has 6 heteroatoms. The highest BCUT2D eigenvalue weighted by molar-refractivity contribution is 6.58. The highest BCUT2D eigenvalue weighted by Crippen LogP contribution is 2.30. The Morgan fingerprint density at radius 1 is 1.12 bits per heavy atom. The zero-order chi connectivity index (χ0) is 12.9. The number of hydrogen-bond acceptors (Lipinski definition) is 2. The summed E-state index contributed by atoms with van der Waals surface area (Å²) in [6, 6.07) is -0.170. The first kappa shape index (κ1) is 16.8. The molecule has 0 bridgehead atoms. The standard InChI is InChI=1S/C10H18Cl4N2/c1-6(2)15-5-10(13,14)8(9(11)12)16-7(3)4/h5-9,16H,1-4H3. The van der Waals surface area contributed by atoms with E-state index in [1.165, 1.54) is 6.21 Å². The van der Waals surface area contributed by atoms with Crippen molar-refractivity contribution in [1.29, 1.82) is 0 Å². The van der Waals surface area contributed by atoms with Gasteiger partial charge in [0.05, 0.1) is 6.04 Å². The molecule has 1 unspecified atom stereocenters. The highest BCUT2D eigenvalue weighted by atomic mass is 35.5. The molecule has 0 radical (unpaired) electrons. The van der Waals surface area contributed by atoms with Gasteiger partial charge in [-0.1, -0.05) is 37.0 Å². The van der Waals surface area contributed by atoms with Crippen molar-refractivity contribution in [2.24, 2.45) is 4.99 Å². The molecule has 0 heterocycles. The summed E-state index contributed by atoms with van der Waals surface area (Å²) in [6.07, 6.45) is 1.48. The lowest BCUT2D eigenvalue weighted by atomic mass is 10.2. The topological polar surface area (TPSA) is 24.4 Å². The third kappa shape index (κ3) is 6.51. The van der Waals surface area contributed by atoms with Gasteiger partial charge in [0.2, 0.25) is 0 Å². The molecule has 0 saturated heterocycles. The van der Waals surface area contributed by atoms with Crippen molar-refractivity contribution >= 4 is 52.6 Å². The summed E-state index contributed by atoms with van der Waals surface area (Å²) < 4.78 is -1.22. The normalized spacial score (nSPS) is 15.7. The Kier molecular flexibility index (Phi) is 7.63. The van der Waals surface area contributed by atoms with Crippen LogP contribution in [0.5, 0.6) is 0 Å². The van der Waals surface area contributed by atoms with E-state index in [0.29, 0.717) is 0 Å². The van der Waals surface area contributed by atoms with E-state index in [0.717, 1.165) is 0 Å². The Morgan fingerprint density at radius 3 is 1.94 bits per heavy atom. The summed E-state index contributed by atoms with van der Waals surface area (Å²) in [5.41, 5.74) is 0. The molecule has 0 aromatic heterocycles. The quantitative estimate of drug-likeness (QED) is 0.585. The maximum atomic E-state index is 6.17. The van der Waals surface area contributed by atoms with E-state index in [2.05, 4.69) is 10.3 Å². The summed E-state index contributed by atoms with van der Waals surface area (Å²) in [7, 11) is 0. The predicted octanol–water partition coefficient (Wildman–Crippen LogP) is 3.81. The fourth-order valence-corrected chi connectivity index (χ4v) is 2.33. The van der Waals surface area contributed by atoms with Crippen molar-refractivity contribution in [3.63, 3.8) is 0 Å². The molecular formula is C10H18Cl4N2. The summed E-state index contributed by atoms with van der Waals surface area (Å²) in [6.45, 7) is 7.80. The first-order valence-electron chi connectivity index (χ1n) is 5.13. The van der Waals surface area contributed by atoms with Gasteiger partial charge in [-0.15, -0.1) is 23.2 Å². The van der Waals surface area contributed by atoms with Crippen LogP contribution in [-0.2, 0) is 0 Å². The van der Waals surface area contributed by atoms with Crippen molar-refractivity contribution in [2.75, 3.05) is 0 Å². The van der Waals surface area contributed by atoms with Crippen LogP contribution in [0, 0.1) is 0 Å². The van der Waals surface area contributed by atoms with E-state index in [-0.39, 0.29) is 12.1 Å². The van der Waals surface area contributed by atoms with E-state index in [1.54, 1.807) is 0 Å². The van der Waals surface area contributed by atoms with Crippen LogP contribution in [0.3, 0.4) is 0 Å². The monoisotopic (exact) mass is 306 g/mol. The maximum Gasteiger partial charge on any atom is 0.170 e. The van der Waals surface area contributed by atoms with Crippen LogP contribution in [-0.4, -0.2) is 33.5 Å². The molecule has 0 aliphatic carbocycles. The number of nitrogens with zero attached hydrogens (tertiary/aromatic N) is 1. The van der Waals surface area contributed by atoms with Crippen molar-refractivity contribution in [3.8, 4) is 0 Å². The minimum atomic E-state index is -1.22. The molecule has 0 aromatic carbocycles. The molecule has 0 aromatic rings. The molecule has 1 atom stereocenters. The van der Waals surface area contributed by atoms with Gasteiger partial charge in [0.1, 0.15) is 4.84 Å². The molecule has 16 heavy (non-hydrogen) atoms. The highest BCUT2D eigenvalue weighted by Gasteiger charge is 2.38. The second-order valence-corrected chi connectivity index (χ2v) is 6.79. The van der Waals surface area contributed by atoms with E-state index in [1.807, 2.05) is 27.7 Å². The van der Waals surface area contributed by atoms with Crippen molar-refractivity contribution in [1.82, 2.24) is 5.32 Å². The molecule has 0 aliphatic heterocycles. The zero-order valence-electron chi connectivity index (χ0n) is 9.85. The molecule has 0 amide bonds. The molecule has 96 valence electrons. The Morgan fingerprint density at radius 2 is 1.62 bits per heavy atom. The number of alkyl halides is 4. The lowest BCUT2D eigenvalue weighted by Crippen LogP contribution is -2.51. The minimum absolute atomic E-state index is 0.126. The fourth-order valence-electron chi connectivity index (χ4n) is 1.04. The molecule has 0 rings (SSSR count). The van der Waals surface area contributed by atoms with E-state index in [9.17, 15) is 0 Å². The second kappa shape index (κ2) is 7.27. The molecule has 0 aliphatic rings. The Bertz CT molecular complexity index is 227. The average Bonchev–Trinajstić information content (AvgIpc) is 2.10. The molecule has 0 fully saturated rings. The summed E-state index contributed by atoms with van der Waals surface area (Å²) in [5, 5.41) is 3.12. The summed E-state index contributed by atoms with van der Waals surface area (Å²) in [4.78, 5) is 3.45. The van der Waals surface area contributed by atoms with Crippen LogP contribution >= 0.6 is 46.4 Å². The van der Waals surface area contributed by atoms with Crippen LogP contribution in [0.1, 0.15) is 27.7 Å². The van der Waals surface area contributed by atoms with Gasteiger partial charge in [0.25, 0.3) is 0 Å². The van der Waals surface area contributed by atoms with Crippen LogP contribution in [0.4, 0.5) is 0 Å². The predicted molar refractivity (Wildman–Crippen MR) is 75.6 cm³/mol. The third-order valence-corrected chi connectivity index (χ3v) is 2.89. The van der Waals surface area contributed by atoms with Crippen LogP contribution < -0.4 is 5.32 Å². The summed E-state index contributed by atoms with van der Waals surface area (Å²) >= 11 is 24.1. The van der Waals surface area contributed by atoms with E-state index in [4.69, 9.17) is 46.4 Å². The van der Waals surface area contributed by atoms with Crippen molar-refractivity contribution in [3.05, 3.63) is 0 Å².